The fraction of sp³-hybridized carbons (Fsp3) is 0.222. The molecule has 12 heavy (non-hydrogen) atoms. The highest BCUT2D eigenvalue weighted by molar-refractivity contribution is 7.98. The van der Waals surface area contributed by atoms with Crippen LogP contribution in [-0.2, 0) is 0 Å². The minimum absolute atomic E-state index is 0.653. The molecule has 0 saturated heterocycles. The lowest BCUT2D eigenvalue weighted by Crippen LogP contribution is -1.95. The molecule has 0 unspecified atom stereocenters. The third-order valence-corrected chi connectivity index (χ3v) is 2.44. The standard InChI is InChI=1S/C9H11NOS/c1-7(10-11)8-5-3-4-6-9(8)12-2/h3-6,11H,1-2H3. The summed E-state index contributed by atoms with van der Waals surface area (Å²) in [5, 5.41) is 11.8. The van der Waals surface area contributed by atoms with Gasteiger partial charge in [0, 0.05) is 10.5 Å². The minimum Gasteiger partial charge on any atom is -0.411 e. The lowest BCUT2D eigenvalue weighted by molar-refractivity contribution is 0.319. The van der Waals surface area contributed by atoms with E-state index in [-0.39, 0.29) is 0 Å². The molecule has 0 radical (unpaired) electrons. The molecule has 1 aromatic rings. The van der Waals surface area contributed by atoms with E-state index in [4.69, 9.17) is 5.21 Å². The number of hydrogen-bond donors (Lipinski definition) is 1. The fourth-order valence-corrected chi connectivity index (χ4v) is 1.65. The molecule has 0 heterocycles. The molecule has 1 aromatic carbocycles. The Labute approximate surface area is 76.3 Å². The van der Waals surface area contributed by atoms with Gasteiger partial charge in [-0.25, -0.2) is 0 Å². The highest BCUT2D eigenvalue weighted by Crippen LogP contribution is 2.20. The Morgan fingerprint density at radius 3 is 2.67 bits per heavy atom. The number of oxime groups is 1. The highest BCUT2D eigenvalue weighted by atomic mass is 32.2. The van der Waals surface area contributed by atoms with E-state index in [0.717, 1.165) is 10.5 Å². The van der Waals surface area contributed by atoms with Crippen molar-refractivity contribution in [1.82, 2.24) is 0 Å². The minimum atomic E-state index is 0.653. The third-order valence-electron chi connectivity index (χ3n) is 1.65. The van der Waals surface area contributed by atoms with Gasteiger partial charge in [-0.05, 0) is 19.2 Å². The van der Waals surface area contributed by atoms with Crippen molar-refractivity contribution in [3.05, 3.63) is 29.8 Å². The average molecular weight is 181 g/mol. The first-order valence-electron chi connectivity index (χ1n) is 3.61. The summed E-state index contributed by atoms with van der Waals surface area (Å²) < 4.78 is 0. The predicted molar refractivity (Wildman–Crippen MR) is 52.2 cm³/mol. The van der Waals surface area contributed by atoms with Crippen molar-refractivity contribution in [3.8, 4) is 0 Å². The Kier molecular flexibility index (Phi) is 3.17. The van der Waals surface area contributed by atoms with Gasteiger partial charge < -0.3 is 5.21 Å². The summed E-state index contributed by atoms with van der Waals surface area (Å²) in [6, 6.07) is 7.86. The molecule has 0 fully saturated rings. The number of thioether (sulfide) groups is 1. The molecule has 1 N–H and O–H groups in total. The van der Waals surface area contributed by atoms with E-state index in [0.29, 0.717) is 5.71 Å². The van der Waals surface area contributed by atoms with E-state index in [1.165, 1.54) is 0 Å². The monoisotopic (exact) mass is 181 g/mol. The molecule has 1 rings (SSSR count). The van der Waals surface area contributed by atoms with Gasteiger partial charge in [0.2, 0.25) is 0 Å². The van der Waals surface area contributed by atoms with Crippen LogP contribution in [0.2, 0.25) is 0 Å². The normalized spacial score (nSPS) is 11.7. The van der Waals surface area contributed by atoms with E-state index in [9.17, 15) is 0 Å². The Bertz CT molecular complexity index is 296. The maximum atomic E-state index is 8.59. The Morgan fingerprint density at radius 2 is 2.08 bits per heavy atom. The van der Waals surface area contributed by atoms with Gasteiger partial charge in [0.1, 0.15) is 0 Å². The van der Waals surface area contributed by atoms with E-state index in [1.54, 1.807) is 18.7 Å². The molecule has 0 spiro atoms. The highest BCUT2D eigenvalue weighted by Gasteiger charge is 2.02. The van der Waals surface area contributed by atoms with E-state index in [1.807, 2.05) is 30.5 Å². The van der Waals surface area contributed by atoms with Gasteiger partial charge in [-0.2, -0.15) is 0 Å². The molecule has 3 heteroatoms. The van der Waals surface area contributed by atoms with Crippen LogP contribution in [0.15, 0.2) is 34.3 Å². The zero-order chi connectivity index (χ0) is 8.97. The quantitative estimate of drug-likeness (QED) is 0.329. The second-order valence-corrected chi connectivity index (χ2v) is 3.23. The molecule has 0 bridgehead atoms. The number of hydrogen-bond acceptors (Lipinski definition) is 3. The number of rotatable bonds is 2. The van der Waals surface area contributed by atoms with Gasteiger partial charge in [0.25, 0.3) is 0 Å². The maximum Gasteiger partial charge on any atom is 0.0848 e. The summed E-state index contributed by atoms with van der Waals surface area (Å²) in [6.07, 6.45) is 2.00. The van der Waals surface area contributed by atoms with Gasteiger partial charge >= 0.3 is 0 Å². The first kappa shape index (κ1) is 9.13. The first-order valence-corrected chi connectivity index (χ1v) is 4.84. The van der Waals surface area contributed by atoms with Crippen LogP contribution in [-0.4, -0.2) is 17.2 Å². The van der Waals surface area contributed by atoms with Gasteiger partial charge in [0.05, 0.1) is 5.71 Å². The van der Waals surface area contributed by atoms with Gasteiger partial charge in [-0.15, -0.1) is 11.8 Å². The Morgan fingerprint density at radius 1 is 1.42 bits per heavy atom. The SMILES string of the molecule is CSc1ccccc1C(C)=NO. The summed E-state index contributed by atoms with van der Waals surface area (Å²) >= 11 is 1.65. The molecular weight excluding hydrogens is 170 g/mol. The van der Waals surface area contributed by atoms with Crippen LogP contribution in [0.5, 0.6) is 0 Å². The molecular formula is C9H11NOS. The van der Waals surface area contributed by atoms with Gasteiger partial charge in [0.15, 0.2) is 0 Å². The van der Waals surface area contributed by atoms with Crippen molar-refractivity contribution < 1.29 is 5.21 Å². The van der Waals surface area contributed by atoms with Crippen molar-refractivity contribution in [2.45, 2.75) is 11.8 Å². The second-order valence-electron chi connectivity index (χ2n) is 2.39. The molecule has 64 valence electrons. The average Bonchev–Trinajstić information content (AvgIpc) is 2.16. The lowest BCUT2D eigenvalue weighted by atomic mass is 10.1. The molecule has 0 aliphatic heterocycles. The number of benzene rings is 1. The second kappa shape index (κ2) is 4.16. The van der Waals surface area contributed by atoms with Crippen molar-refractivity contribution in [1.29, 1.82) is 0 Å². The van der Waals surface area contributed by atoms with Crippen LogP contribution < -0.4 is 0 Å². The van der Waals surface area contributed by atoms with Crippen molar-refractivity contribution in [3.63, 3.8) is 0 Å². The molecule has 0 aliphatic carbocycles. The topological polar surface area (TPSA) is 32.6 Å². The van der Waals surface area contributed by atoms with E-state index < -0.39 is 0 Å². The summed E-state index contributed by atoms with van der Waals surface area (Å²) in [7, 11) is 0. The molecule has 0 aliphatic rings. The predicted octanol–water partition coefficient (Wildman–Crippen LogP) is 2.61. The van der Waals surface area contributed by atoms with Crippen molar-refractivity contribution in [2.75, 3.05) is 6.26 Å². The zero-order valence-corrected chi connectivity index (χ0v) is 7.93. The molecule has 2 nitrogen and oxygen atoms in total. The summed E-state index contributed by atoms with van der Waals surface area (Å²) in [4.78, 5) is 1.13. The molecule has 0 saturated carbocycles. The van der Waals surface area contributed by atoms with Crippen molar-refractivity contribution in [2.24, 2.45) is 5.16 Å². The van der Waals surface area contributed by atoms with Gasteiger partial charge in [-0.1, -0.05) is 23.4 Å². The lowest BCUT2D eigenvalue weighted by Gasteiger charge is -2.03. The maximum absolute atomic E-state index is 8.59. The Hall–Kier alpha value is -0.960. The third kappa shape index (κ3) is 1.80. The first-order chi connectivity index (χ1) is 5.79. The van der Waals surface area contributed by atoms with E-state index in [2.05, 4.69) is 5.16 Å². The van der Waals surface area contributed by atoms with Crippen molar-refractivity contribution >= 4 is 17.5 Å². The van der Waals surface area contributed by atoms with Crippen LogP contribution >= 0.6 is 11.8 Å². The van der Waals surface area contributed by atoms with Crippen LogP contribution in [0.4, 0.5) is 0 Å². The fourth-order valence-electron chi connectivity index (χ4n) is 0.997. The van der Waals surface area contributed by atoms with Crippen LogP contribution in [0, 0.1) is 0 Å². The van der Waals surface area contributed by atoms with Crippen LogP contribution in [0.1, 0.15) is 12.5 Å². The van der Waals surface area contributed by atoms with Gasteiger partial charge in [-0.3, -0.25) is 0 Å². The van der Waals surface area contributed by atoms with Crippen LogP contribution in [0.25, 0.3) is 0 Å². The van der Waals surface area contributed by atoms with E-state index >= 15 is 0 Å². The summed E-state index contributed by atoms with van der Waals surface area (Å²) in [5.41, 5.74) is 1.65. The smallest absolute Gasteiger partial charge is 0.0848 e. The van der Waals surface area contributed by atoms with Crippen LogP contribution in [0.3, 0.4) is 0 Å². The molecule has 0 amide bonds. The molecule has 0 aromatic heterocycles. The molecule has 0 atom stereocenters. The zero-order valence-electron chi connectivity index (χ0n) is 7.11. The number of nitrogens with zero attached hydrogens (tertiary/aromatic N) is 1. The Balaban J connectivity index is 3.13. The largest absolute Gasteiger partial charge is 0.411 e. The summed E-state index contributed by atoms with van der Waals surface area (Å²) in [6.45, 7) is 1.79. The summed E-state index contributed by atoms with van der Waals surface area (Å²) in [5.74, 6) is 0.